The van der Waals surface area contributed by atoms with Crippen molar-refractivity contribution >= 4 is 5.82 Å². The Labute approximate surface area is 114 Å². The number of anilines is 1. The summed E-state index contributed by atoms with van der Waals surface area (Å²) in [5.74, 6) is 0.751. The van der Waals surface area contributed by atoms with Crippen molar-refractivity contribution in [2.75, 3.05) is 18.1 Å². The van der Waals surface area contributed by atoms with Gasteiger partial charge in [0.2, 0.25) is 0 Å². The highest BCUT2D eigenvalue weighted by Gasteiger charge is 2.24. The monoisotopic (exact) mass is 259 g/mol. The summed E-state index contributed by atoms with van der Waals surface area (Å²) in [5.41, 5.74) is 2.53. The van der Waals surface area contributed by atoms with Crippen molar-refractivity contribution in [2.24, 2.45) is 0 Å². The SMILES string of the molecule is Cc1cc(C)c(C#N)c(N2CCCCCC2CO)n1. The summed E-state index contributed by atoms with van der Waals surface area (Å²) in [6.45, 7) is 4.89. The molecule has 1 aromatic heterocycles. The molecule has 1 atom stereocenters. The van der Waals surface area contributed by atoms with Gasteiger partial charge in [-0.25, -0.2) is 4.98 Å². The molecule has 0 spiro atoms. The van der Waals surface area contributed by atoms with E-state index in [0.717, 1.165) is 42.9 Å². The second kappa shape index (κ2) is 6.03. The number of aryl methyl sites for hydroxylation is 2. The number of hydrogen-bond donors (Lipinski definition) is 1. The molecular formula is C15H21N3O. The summed E-state index contributed by atoms with van der Waals surface area (Å²) in [6, 6.07) is 4.29. The van der Waals surface area contributed by atoms with Crippen LogP contribution in [0.4, 0.5) is 5.82 Å². The van der Waals surface area contributed by atoms with Crippen LogP contribution < -0.4 is 4.90 Å². The van der Waals surface area contributed by atoms with Gasteiger partial charge in [-0.05, 0) is 38.3 Å². The van der Waals surface area contributed by atoms with Gasteiger partial charge in [-0.15, -0.1) is 0 Å². The lowest BCUT2D eigenvalue weighted by molar-refractivity contribution is 0.254. The number of aliphatic hydroxyl groups excluding tert-OH is 1. The highest BCUT2D eigenvalue weighted by Crippen LogP contribution is 2.27. The van der Waals surface area contributed by atoms with Gasteiger partial charge in [0, 0.05) is 12.2 Å². The van der Waals surface area contributed by atoms with Gasteiger partial charge in [0.1, 0.15) is 11.9 Å². The summed E-state index contributed by atoms with van der Waals surface area (Å²) in [5, 5.41) is 19.0. The van der Waals surface area contributed by atoms with Gasteiger partial charge in [0.05, 0.1) is 18.2 Å². The molecule has 1 N–H and O–H groups in total. The van der Waals surface area contributed by atoms with E-state index in [9.17, 15) is 10.4 Å². The maximum absolute atomic E-state index is 9.60. The minimum Gasteiger partial charge on any atom is -0.394 e. The summed E-state index contributed by atoms with van der Waals surface area (Å²) < 4.78 is 0. The number of nitriles is 1. The number of rotatable bonds is 2. The predicted molar refractivity (Wildman–Crippen MR) is 75.1 cm³/mol. The summed E-state index contributed by atoms with van der Waals surface area (Å²) in [7, 11) is 0. The third-order valence-corrected chi connectivity index (χ3v) is 3.80. The van der Waals surface area contributed by atoms with E-state index in [4.69, 9.17) is 0 Å². The zero-order chi connectivity index (χ0) is 13.8. The van der Waals surface area contributed by atoms with Crippen LogP contribution in [0.5, 0.6) is 0 Å². The molecule has 2 rings (SSSR count). The molecule has 1 aromatic rings. The van der Waals surface area contributed by atoms with Crippen molar-refractivity contribution < 1.29 is 5.11 Å². The van der Waals surface area contributed by atoms with E-state index < -0.39 is 0 Å². The van der Waals surface area contributed by atoms with Crippen LogP contribution in [0.3, 0.4) is 0 Å². The van der Waals surface area contributed by atoms with E-state index in [2.05, 4.69) is 16.0 Å². The maximum Gasteiger partial charge on any atom is 0.147 e. The molecule has 1 saturated heterocycles. The molecule has 0 bridgehead atoms. The van der Waals surface area contributed by atoms with E-state index in [1.165, 1.54) is 6.42 Å². The van der Waals surface area contributed by atoms with E-state index in [0.29, 0.717) is 5.56 Å². The smallest absolute Gasteiger partial charge is 0.147 e. The second-order valence-electron chi connectivity index (χ2n) is 5.27. The zero-order valence-electron chi connectivity index (χ0n) is 11.7. The summed E-state index contributed by atoms with van der Waals surface area (Å²) >= 11 is 0. The molecule has 2 heterocycles. The largest absolute Gasteiger partial charge is 0.394 e. The Kier molecular flexibility index (Phi) is 4.39. The van der Waals surface area contributed by atoms with E-state index in [-0.39, 0.29) is 12.6 Å². The van der Waals surface area contributed by atoms with Gasteiger partial charge in [-0.3, -0.25) is 0 Å². The minimum atomic E-state index is 0.0864. The molecule has 1 aliphatic heterocycles. The van der Waals surface area contributed by atoms with Crippen LogP contribution in [0.15, 0.2) is 6.07 Å². The van der Waals surface area contributed by atoms with Crippen LogP contribution >= 0.6 is 0 Å². The zero-order valence-corrected chi connectivity index (χ0v) is 11.7. The van der Waals surface area contributed by atoms with Crippen molar-refractivity contribution in [3.63, 3.8) is 0 Å². The van der Waals surface area contributed by atoms with Gasteiger partial charge in [-0.2, -0.15) is 5.26 Å². The lowest BCUT2D eigenvalue weighted by atomic mass is 10.1. The van der Waals surface area contributed by atoms with E-state index in [1.54, 1.807) is 0 Å². The van der Waals surface area contributed by atoms with Crippen LogP contribution in [0.2, 0.25) is 0 Å². The Morgan fingerprint density at radius 1 is 1.42 bits per heavy atom. The van der Waals surface area contributed by atoms with Crippen LogP contribution in [0, 0.1) is 25.2 Å². The molecule has 0 aromatic carbocycles. The fourth-order valence-electron chi connectivity index (χ4n) is 2.81. The molecule has 0 aliphatic carbocycles. The number of pyridine rings is 1. The van der Waals surface area contributed by atoms with Crippen LogP contribution in [-0.4, -0.2) is 29.3 Å². The Hall–Kier alpha value is -1.60. The Morgan fingerprint density at radius 3 is 2.89 bits per heavy atom. The molecule has 1 aliphatic rings. The second-order valence-corrected chi connectivity index (χ2v) is 5.27. The lowest BCUT2D eigenvalue weighted by Crippen LogP contribution is -2.38. The van der Waals surface area contributed by atoms with Crippen molar-refractivity contribution in [1.29, 1.82) is 5.26 Å². The molecule has 102 valence electrons. The van der Waals surface area contributed by atoms with Gasteiger partial charge in [-0.1, -0.05) is 12.8 Å². The summed E-state index contributed by atoms with van der Waals surface area (Å²) in [6.07, 6.45) is 4.38. The number of aromatic nitrogens is 1. The van der Waals surface area contributed by atoms with Crippen molar-refractivity contribution in [3.05, 3.63) is 22.9 Å². The van der Waals surface area contributed by atoms with Crippen molar-refractivity contribution in [1.82, 2.24) is 4.98 Å². The first kappa shape index (κ1) is 13.8. The highest BCUT2D eigenvalue weighted by molar-refractivity contribution is 5.58. The van der Waals surface area contributed by atoms with Crippen molar-refractivity contribution in [3.8, 4) is 6.07 Å². The van der Waals surface area contributed by atoms with Gasteiger partial charge in [0.15, 0.2) is 0 Å². The molecule has 0 saturated carbocycles. The highest BCUT2D eigenvalue weighted by atomic mass is 16.3. The average molecular weight is 259 g/mol. The number of aliphatic hydroxyl groups is 1. The summed E-state index contributed by atoms with van der Waals surface area (Å²) in [4.78, 5) is 6.69. The van der Waals surface area contributed by atoms with Crippen molar-refractivity contribution in [2.45, 2.75) is 45.6 Å². The number of nitrogens with zero attached hydrogens (tertiary/aromatic N) is 3. The van der Waals surface area contributed by atoms with E-state index >= 15 is 0 Å². The first-order valence-electron chi connectivity index (χ1n) is 6.93. The van der Waals surface area contributed by atoms with Gasteiger partial charge in [0.25, 0.3) is 0 Å². The van der Waals surface area contributed by atoms with Crippen LogP contribution in [0.25, 0.3) is 0 Å². The normalized spacial score (nSPS) is 19.9. The molecule has 1 fully saturated rings. The van der Waals surface area contributed by atoms with Crippen LogP contribution in [-0.2, 0) is 0 Å². The standard InChI is InChI=1S/C15H21N3O/c1-11-8-12(2)17-15(14(11)9-16)18-7-5-3-4-6-13(18)10-19/h8,13,19H,3-7,10H2,1-2H3. The molecule has 0 radical (unpaired) electrons. The molecule has 0 amide bonds. The fourth-order valence-corrected chi connectivity index (χ4v) is 2.81. The topological polar surface area (TPSA) is 60.2 Å². The van der Waals surface area contributed by atoms with E-state index in [1.807, 2.05) is 19.9 Å². The lowest BCUT2D eigenvalue weighted by Gasteiger charge is -2.31. The average Bonchev–Trinajstić information content (AvgIpc) is 2.62. The number of hydrogen-bond acceptors (Lipinski definition) is 4. The van der Waals surface area contributed by atoms with Crippen LogP contribution in [0.1, 0.15) is 42.5 Å². The quantitative estimate of drug-likeness (QED) is 0.885. The molecule has 4 nitrogen and oxygen atoms in total. The Bertz CT molecular complexity index is 493. The minimum absolute atomic E-state index is 0.0864. The first-order valence-corrected chi connectivity index (χ1v) is 6.93. The predicted octanol–water partition coefficient (Wildman–Crippen LogP) is 2.31. The third-order valence-electron chi connectivity index (χ3n) is 3.80. The molecule has 19 heavy (non-hydrogen) atoms. The molecular weight excluding hydrogens is 238 g/mol. The Morgan fingerprint density at radius 2 is 2.21 bits per heavy atom. The third kappa shape index (κ3) is 2.87. The molecule has 1 unspecified atom stereocenters. The molecule has 4 heteroatoms. The fraction of sp³-hybridized carbons (Fsp3) is 0.600. The van der Waals surface area contributed by atoms with Gasteiger partial charge < -0.3 is 10.0 Å². The van der Waals surface area contributed by atoms with Gasteiger partial charge >= 0.3 is 0 Å². The maximum atomic E-state index is 9.60. The Balaban J connectivity index is 2.46. The first-order chi connectivity index (χ1) is 9.17.